The van der Waals surface area contributed by atoms with Crippen LogP contribution in [0.1, 0.15) is 54.3 Å². The number of hydrogen-bond acceptors (Lipinski definition) is 4. The topological polar surface area (TPSA) is 79.3 Å². The van der Waals surface area contributed by atoms with Crippen LogP contribution in [0.2, 0.25) is 5.02 Å². The van der Waals surface area contributed by atoms with Gasteiger partial charge in [0.25, 0.3) is 11.8 Å². The summed E-state index contributed by atoms with van der Waals surface area (Å²) in [5, 5.41) is 9.43. The number of carbonyl (C=O) groups is 2. The van der Waals surface area contributed by atoms with Gasteiger partial charge in [-0.05, 0) is 76.1 Å². The minimum atomic E-state index is -0.413. The molecule has 1 aliphatic heterocycles. The largest absolute Gasteiger partial charge is 0.322 e. The van der Waals surface area contributed by atoms with E-state index < -0.39 is 11.4 Å². The molecule has 0 atom stereocenters. The molecule has 178 valence electrons. The maximum Gasteiger partial charge on any atom is 0.267 e. The van der Waals surface area contributed by atoms with Crippen molar-refractivity contribution < 1.29 is 14.0 Å². The van der Waals surface area contributed by atoms with Gasteiger partial charge < -0.3 is 5.32 Å². The Morgan fingerprint density at radius 3 is 2.32 bits per heavy atom. The van der Waals surface area contributed by atoms with Crippen molar-refractivity contribution in [1.82, 2.24) is 20.2 Å². The van der Waals surface area contributed by atoms with Crippen LogP contribution in [0.5, 0.6) is 0 Å². The van der Waals surface area contributed by atoms with E-state index in [9.17, 15) is 14.0 Å². The molecule has 0 bridgehead atoms. The van der Waals surface area contributed by atoms with Crippen molar-refractivity contribution in [2.75, 3.05) is 18.4 Å². The first kappa shape index (κ1) is 23.9. The van der Waals surface area contributed by atoms with Crippen molar-refractivity contribution in [3.8, 4) is 11.3 Å². The first-order chi connectivity index (χ1) is 16.1. The number of hydrazine groups is 1. The van der Waals surface area contributed by atoms with Crippen LogP contribution in [-0.2, 0) is 5.54 Å². The van der Waals surface area contributed by atoms with Crippen molar-refractivity contribution in [2.24, 2.45) is 0 Å². The molecule has 4 rings (SSSR count). The Morgan fingerprint density at radius 2 is 1.68 bits per heavy atom. The standard InChI is InChI=1S/C25H27ClFN5O2/c1-25(2,3)32-22(16-6-8-17(27)9-7-16)20(15-28-32)23(33)29-18-10-11-21(26)19(14-18)24(34)30-31-12-4-5-13-31/h6-11,14-15H,4-5,12-13H2,1-3H3,(H,29,33)(H,30,34). The average molecular weight is 484 g/mol. The number of rotatable bonds is 5. The molecule has 1 aromatic heterocycles. The van der Waals surface area contributed by atoms with Crippen LogP contribution in [0.4, 0.5) is 10.1 Å². The number of halogens is 2. The number of nitrogens with one attached hydrogen (secondary N) is 2. The van der Waals surface area contributed by atoms with E-state index in [0.717, 1.165) is 25.9 Å². The molecule has 2 heterocycles. The zero-order valence-corrected chi connectivity index (χ0v) is 20.1. The fourth-order valence-corrected chi connectivity index (χ4v) is 4.12. The van der Waals surface area contributed by atoms with E-state index in [1.807, 2.05) is 25.8 Å². The Bertz CT molecular complexity index is 1210. The molecule has 0 spiro atoms. The normalized spacial score (nSPS) is 14.3. The summed E-state index contributed by atoms with van der Waals surface area (Å²) in [5.74, 6) is -1.09. The van der Waals surface area contributed by atoms with Crippen LogP contribution in [0, 0.1) is 5.82 Å². The molecule has 1 fully saturated rings. The predicted octanol–water partition coefficient (Wildman–Crippen LogP) is 5.09. The van der Waals surface area contributed by atoms with Gasteiger partial charge in [-0.1, -0.05) is 11.6 Å². The molecule has 3 aromatic rings. The third-order valence-corrected chi connectivity index (χ3v) is 5.93. The van der Waals surface area contributed by atoms with Crippen LogP contribution in [0.25, 0.3) is 11.3 Å². The molecule has 9 heteroatoms. The molecule has 0 unspecified atom stereocenters. The number of hydrogen-bond donors (Lipinski definition) is 2. The van der Waals surface area contributed by atoms with Crippen LogP contribution in [-0.4, -0.2) is 39.7 Å². The van der Waals surface area contributed by atoms with Crippen LogP contribution < -0.4 is 10.7 Å². The van der Waals surface area contributed by atoms with Gasteiger partial charge in [0.05, 0.1) is 33.6 Å². The van der Waals surface area contributed by atoms with Crippen molar-refractivity contribution in [3.05, 3.63) is 70.6 Å². The van der Waals surface area contributed by atoms with E-state index in [0.29, 0.717) is 27.5 Å². The van der Waals surface area contributed by atoms with E-state index in [1.165, 1.54) is 18.3 Å². The highest BCUT2D eigenvalue weighted by atomic mass is 35.5. The van der Waals surface area contributed by atoms with Crippen molar-refractivity contribution in [1.29, 1.82) is 0 Å². The zero-order chi connectivity index (χ0) is 24.5. The molecule has 2 aromatic carbocycles. The lowest BCUT2D eigenvalue weighted by Gasteiger charge is -2.23. The highest BCUT2D eigenvalue weighted by Gasteiger charge is 2.26. The molecule has 34 heavy (non-hydrogen) atoms. The highest BCUT2D eigenvalue weighted by molar-refractivity contribution is 6.34. The van der Waals surface area contributed by atoms with Gasteiger partial charge in [0, 0.05) is 24.3 Å². The summed E-state index contributed by atoms with van der Waals surface area (Å²) in [6, 6.07) is 10.7. The molecule has 0 saturated carbocycles. The lowest BCUT2D eigenvalue weighted by molar-refractivity contribution is 0.0825. The monoisotopic (exact) mass is 483 g/mol. The minimum Gasteiger partial charge on any atom is -0.322 e. The molecule has 1 saturated heterocycles. The van der Waals surface area contributed by atoms with Crippen molar-refractivity contribution in [3.63, 3.8) is 0 Å². The Morgan fingerprint density at radius 1 is 1.00 bits per heavy atom. The second kappa shape index (κ2) is 9.56. The Kier molecular flexibility index (Phi) is 6.72. The third-order valence-electron chi connectivity index (χ3n) is 5.60. The fourth-order valence-electron chi connectivity index (χ4n) is 3.92. The molecule has 7 nitrogen and oxygen atoms in total. The lowest BCUT2D eigenvalue weighted by Crippen LogP contribution is -2.40. The molecule has 2 N–H and O–H groups in total. The summed E-state index contributed by atoms with van der Waals surface area (Å²) in [4.78, 5) is 26.0. The van der Waals surface area contributed by atoms with Crippen molar-refractivity contribution >= 4 is 29.1 Å². The zero-order valence-electron chi connectivity index (χ0n) is 19.4. The van der Waals surface area contributed by atoms with Crippen LogP contribution in [0.3, 0.4) is 0 Å². The number of nitrogens with zero attached hydrogens (tertiary/aromatic N) is 3. The van der Waals surface area contributed by atoms with E-state index in [4.69, 9.17) is 11.6 Å². The van der Waals surface area contributed by atoms with E-state index >= 15 is 0 Å². The molecule has 0 aliphatic carbocycles. The summed E-state index contributed by atoms with van der Waals surface area (Å²) in [5.41, 5.74) is 4.72. The second-order valence-electron chi connectivity index (χ2n) is 9.28. The minimum absolute atomic E-state index is 0.274. The van der Waals surface area contributed by atoms with Gasteiger partial charge in [-0.25, -0.2) is 9.40 Å². The molecular formula is C25H27ClFN5O2. The SMILES string of the molecule is CC(C)(C)n1ncc(C(=O)Nc2ccc(Cl)c(C(=O)NN3CCCC3)c2)c1-c1ccc(F)cc1. The molecule has 0 radical (unpaired) electrons. The Balaban J connectivity index is 1.62. The van der Waals surface area contributed by atoms with Gasteiger partial charge >= 0.3 is 0 Å². The van der Waals surface area contributed by atoms with E-state index in [2.05, 4.69) is 15.8 Å². The number of anilines is 1. The maximum atomic E-state index is 13.5. The van der Waals surface area contributed by atoms with E-state index in [1.54, 1.807) is 35.0 Å². The number of benzene rings is 2. The van der Waals surface area contributed by atoms with Gasteiger partial charge in [-0.2, -0.15) is 5.10 Å². The average Bonchev–Trinajstić information content (AvgIpc) is 3.45. The predicted molar refractivity (Wildman–Crippen MR) is 130 cm³/mol. The maximum absolute atomic E-state index is 13.5. The van der Waals surface area contributed by atoms with Crippen LogP contribution >= 0.6 is 11.6 Å². The third kappa shape index (κ3) is 5.13. The molecule has 2 amide bonds. The van der Waals surface area contributed by atoms with Gasteiger partial charge in [-0.3, -0.25) is 19.7 Å². The first-order valence-electron chi connectivity index (χ1n) is 11.1. The fraction of sp³-hybridized carbons (Fsp3) is 0.320. The number of aromatic nitrogens is 2. The Hall–Kier alpha value is -3.23. The number of carbonyl (C=O) groups excluding carboxylic acids is 2. The summed E-state index contributed by atoms with van der Waals surface area (Å²) in [7, 11) is 0. The second-order valence-corrected chi connectivity index (χ2v) is 9.69. The van der Waals surface area contributed by atoms with Gasteiger partial charge in [0.2, 0.25) is 0 Å². The molecule has 1 aliphatic rings. The van der Waals surface area contributed by atoms with Crippen LogP contribution in [0.15, 0.2) is 48.7 Å². The number of amides is 2. The summed E-state index contributed by atoms with van der Waals surface area (Å²) in [6.07, 6.45) is 3.56. The van der Waals surface area contributed by atoms with E-state index in [-0.39, 0.29) is 17.3 Å². The highest BCUT2D eigenvalue weighted by Crippen LogP contribution is 2.30. The lowest BCUT2D eigenvalue weighted by atomic mass is 10.0. The van der Waals surface area contributed by atoms with Gasteiger partial charge in [0.1, 0.15) is 5.82 Å². The summed E-state index contributed by atoms with van der Waals surface area (Å²) >= 11 is 6.27. The molecular weight excluding hydrogens is 457 g/mol. The quantitative estimate of drug-likeness (QED) is 0.529. The summed E-state index contributed by atoms with van der Waals surface area (Å²) in [6.45, 7) is 7.50. The first-order valence-corrected chi connectivity index (χ1v) is 11.5. The van der Waals surface area contributed by atoms with Crippen molar-refractivity contribution in [2.45, 2.75) is 39.2 Å². The summed E-state index contributed by atoms with van der Waals surface area (Å²) < 4.78 is 15.3. The Labute approximate surface area is 202 Å². The smallest absolute Gasteiger partial charge is 0.267 e. The van der Waals surface area contributed by atoms with Gasteiger partial charge in [0.15, 0.2) is 0 Å². The van der Waals surface area contributed by atoms with Gasteiger partial charge in [-0.15, -0.1) is 0 Å².